The SMILES string of the molecule is CC[C@H](C)NC(=O)[C@@H](C)N(Cc1ccccc1)C(=O)CN(c1cccc(C)c1)S(=O)(=O)c1ccccc1. The first-order valence-electron chi connectivity index (χ1n) is 12.4. The van der Waals surface area contributed by atoms with E-state index in [4.69, 9.17) is 0 Å². The third-order valence-electron chi connectivity index (χ3n) is 6.26. The molecule has 0 aliphatic rings. The van der Waals surface area contributed by atoms with Crippen LogP contribution in [-0.2, 0) is 26.2 Å². The highest BCUT2D eigenvalue weighted by Gasteiger charge is 2.32. The molecule has 0 heterocycles. The van der Waals surface area contributed by atoms with Crippen molar-refractivity contribution in [2.24, 2.45) is 0 Å². The number of carbonyl (C=O) groups excluding carboxylic acids is 2. The van der Waals surface area contributed by atoms with Gasteiger partial charge in [-0.3, -0.25) is 13.9 Å². The number of benzene rings is 3. The number of carbonyl (C=O) groups is 2. The van der Waals surface area contributed by atoms with Crippen LogP contribution in [0.5, 0.6) is 0 Å². The summed E-state index contributed by atoms with van der Waals surface area (Å²) in [6.45, 7) is 7.12. The lowest BCUT2D eigenvalue weighted by molar-refractivity contribution is -0.139. The number of hydrogen-bond donors (Lipinski definition) is 1. The largest absolute Gasteiger partial charge is 0.352 e. The smallest absolute Gasteiger partial charge is 0.264 e. The third-order valence-corrected chi connectivity index (χ3v) is 8.05. The van der Waals surface area contributed by atoms with E-state index in [0.29, 0.717) is 5.69 Å². The Balaban J connectivity index is 2.00. The third kappa shape index (κ3) is 7.20. The van der Waals surface area contributed by atoms with Gasteiger partial charge in [0.05, 0.1) is 10.6 Å². The number of aryl methyl sites for hydroxylation is 1. The van der Waals surface area contributed by atoms with Gasteiger partial charge in [-0.25, -0.2) is 8.42 Å². The van der Waals surface area contributed by atoms with E-state index < -0.39 is 28.5 Å². The number of amides is 2. The Labute approximate surface area is 220 Å². The summed E-state index contributed by atoms with van der Waals surface area (Å²) in [5.41, 5.74) is 2.08. The molecule has 0 fully saturated rings. The zero-order valence-corrected chi connectivity index (χ0v) is 22.6. The lowest BCUT2D eigenvalue weighted by atomic mass is 10.1. The highest BCUT2D eigenvalue weighted by atomic mass is 32.2. The van der Waals surface area contributed by atoms with Crippen LogP contribution in [0.4, 0.5) is 5.69 Å². The van der Waals surface area contributed by atoms with Crippen LogP contribution >= 0.6 is 0 Å². The predicted molar refractivity (Wildman–Crippen MR) is 147 cm³/mol. The Bertz CT molecular complexity index is 1300. The maximum Gasteiger partial charge on any atom is 0.264 e. The van der Waals surface area contributed by atoms with Crippen LogP contribution in [-0.4, -0.2) is 43.8 Å². The molecule has 2 amide bonds. The van der Waals surface area contributed by atoms with Crippen LogP contribution in [0.15, 0.2) is 89.8 Å². The van der Waals surface area contributed by atoms with E-state index in [1.54, 1.807) is 43.3 Å². The van der Waals surface area contributed by atoms with Crippen LogP contribution < -0.4 is 9.62 Å². The maximum atomic E-state index is 13.8. The lowest BCUT2D eigenvalue weighted by Gasteiger charge is -2.32. The van der Waals surface area contributed by atoms with Gasteiger partial charge < -0.3 is 10.2 Å². The molecule has 0 spiro atoms. The van der Waals surface area contributed by atoms with E-state index in [2.05, 4.69) is 5.32 Å². The Morgan fingerprint density at radius 2 is 1.51 bits per heavy atom. The van der Waals surface area contributed by atoms with Crippen molar-refractivity contribution in [3.63, 3.8) is 0 Å². The molecule has 7 nitrogen and oxygen atoms in total. The molecule has 0 aliphatic heterocycles. The van der Waals surface area contributed by atoms with E-state index >= 15 is 0 Å². The first kappa shape index (κ1) is 27.9. The second-order valence-electron chi connectivity index (χ2n) is 9.16. The van der Waals surface area contributed by atoms with Crippen molar-refractivity contribution in [2.75, 3.05) is 10.8 Å². The highest BCUT2D eigenvalue weighted by Crippen LogP contribution is 2.25. The van der Waals surface area contributed by atoms with E-state index in [1.165, 1.54) is 17.0 Å². The summed E-state index contributed by atoms with van der Waals surface area (Å²) >= 11 is 0. The minimum atomic E-state index is -4.06. The van der Waals surface area contributed by atoms with Crippen molar-refractivity contribution in [1.29, 1.82) is 0 Å². The average Bonchev–Trinajstić information content (AvgIpc) is 2.90. The summed E-state index contributed by atoms with van der Waals surface area (Å²) in [5.74, 6) is -0.761. The topological polar surface area (TPSA) is 86.8 Å². The molecule has 3 aromatic rings. The Morgan fingerprint density at radius 1 is 0.892 bits per heavy atom. The first-order chi connectivity index (χ1) is 17.6. The molecule has 0 aromatic heterocycles. The number of sulfonamides is 1. The van der Waals surface area contributed by atoms with Crippen LogP contribution in [0.25, 0.3) is 0 Å². The van der Waals surface area contributed by atoms with Crippen molar-refractivity contribution in [1.82, 2.24) is 10.2 Å². The van der Waals surface area contributed by atoms with Gasteiger partial charge in [0.2, 0.25) is 11.8 Å². The molecule has 3 aromatic carbocycles. The maximum absolute atomic E-state index is 13.8. The summed E-state index contributed by atoms with van der Waals surface area (Å²) in [5, 5.41) is 2.93. The summed E-state index contributed by atoms with van der Waals surface area (Å²) < 4.78 is 28.6. The minimum Gasteiger partial charge on any atom is -0.352 e. The number of nitrogens with one attached hydrogen (secondary N) is 1. The number of rotatable bonds is 11. The highest BCUT2D eigenvalue weighted by molar-refractivity contribution is 7.92. The van der Waals surface area contributed by atoms with Gasteiger partial charge in [-0.2, -0.15) is 0 Å². The monoisotopic (exact) mass is 521 g/mol. The van der Waals surface area contributed by atoms with Gasteiger partial charge >= 0.3 is 0 Å². The molecular weight excluding hydrogens is 486 g/mol. The van der Waals surface area contributed by atoms with Gasteiger partial charge in [0.1, 0.15) is 12.6 Å². The quantitative estimate of drug-likeness (QED) is 0.402. The first-order valence-corrected chi connectivity index (χ1v) is 13.9. The van der Waals surface area contributed by atoms with Crippen molar-refractivity contribution in [2.45, 2.75) is 57.6 Å². The molecule has 37 heavy (non-hydrogen) atoms. The van der Waals surface area contributed by atoms with E-state index in [9.17, 15) is 18.0 Å². The zero-order valence-electron chi connectivity index (χ0n) is 21.8. The van der Waals surface area contributed by atoms with E-state index in [0.717, 1.165) is 21.9 Å². The number of hydrogen-bond acceptors (Lipinski definition) is 4. The second-order valence-corrected chi connectivity index (χ2v) is 11.0. The summed E-state index contributed by atoms with van der Waals surface area (Å²) in [7, 11) is -4.06. The summed E-state index contributed by atoms with van der Waals surface area (Å²) in [6, 6.07) is 23.5. The van der Waals surface area contributed by atoms with Crippen LogP contribution in [0.3, 0.4) is 0 Å². The van der Waals surface area contributed by atoms with Crippen molar-refractivity contribution < 1.29 is 18.0 Å². The molecule has 0 radical (unpaired) electrons. The van der Waals surface area contributed by atoms with E-state index in [-0.39, 0.29) is 23.4 Å². The Morgan fingerprint density at radius 3 is 2.11 bits per heavy atom. The van der Waals surface area contributed by atoms with Crippen LogP contribution in [0, 0.1) is 6.92 Å². The Hall–Kier alpha value is -3.65. The molecule has 0 saturated carbocycles. The van der Waals surface area contributed by atoms with Crippen LogP contribution in [0.1, 0.15) is 38.3 Å². The fourth-order valence-corrected chi connectivity index (χ4v) is 5.29. The summed E-state index contributed by atoms with van der Waals surface area (Å²) in [4.78, 5) is 28.4. The average molecular weight is 522 g/mol. The molecule has 0 bridgehead atoms. The molecule has 196 valence electrons. The fraction of sp³-hybridized carbons (Fsp3) is 0.310. The number of anilines is 1. The molecule has 0 unspecified atom stereocenters. The summed E-state index contributed by atoms with van der Waals surface area (Å²) in [6.07, 6.45) is 0.752. The van der Waals surface area contributed by atoms with Crippen LogP contribution in [0.2, 0.25) is 0 Å². The molecular formula is C29H35N3O4S. The fourth-order valence-electron chi connectivity index (χ4n) is 3.86. The van der Waals surface area contributed by atoms with Gasteiger partial charge in [0, 0.05) is 12.6 Å². The van der Waals surface area contributed by atoms with Crippen molar-refractivity contribution in [3.8, 4) is 0 Å². The van der Waals surface area contributed by atoms with Gasteiger partial charge in [0.25, 0.3) is 10.0 Å². The van der Waals surface area contributed by atoms with Crippen molar-refractivity contribution in [3.05, 3.63) is 96.1 Å². The molecule has 0 saturated heterocycles. The van der Waals surface area contributed by atoms with E-state index in [1.807, 2.05) is 57.2 Å². The van der Waals surface area contributed by atoms with Crippen molar-refractivity contribution >= 4 is 27.5 Å². The normalized spacial score (nSPS) is 12.9. The predicted octanol–water partition coefficient (Wildman–Crippen LogP) is 4.52. The molecule has 3 rings (SSSR count). The minimum absolute atomic E-state index is 0.0501. The van der Waals surface area contributed by atoms with Gasteiger partial charge in [-0.15, -0.1) is 0 Å². The van der Waals surface area contributed by atoms with Gasteiger partial charge in [-0.1, -0.05) is 67.6 Å². The molecule has 0 aliphatic carbocycles. The van der Waals surface area contributed by atoms with Gasteiger partial charge in [-0.05, 0) is 62.6 Å². The number of nitrogens with zero attached hydrogens (tertiary/aromatic N) is 2. The second kappa shape index (κ2) is 12.5. The molecule has 2 atom stereocenters. The lowest BCUT2D eigenvalue weighted by Crippen LogP contribution is -2.52. The Kier molecular flexibility index (Phi) is 9.47. The standard InChI is InChI=1S/C29H35N3O4S/c1-5-23(3)30-29(34)24(4)31(20-25-14-8-6-9-15-25)28(33)21-32(26-16-12-13-22(2)19-26)37(35,36)27-17-10-7-11-18-27/h6-19,23-24H,5,20-21H2,1-4H3,(H,30,34)/t23-,24+/m0/s1. The molecule has 1 N–H and O–H groups in total. The molecule has 8 heteroatoms. The zero-order chi connectivity index (χ0) is 27.0. The van der Waals surface area contributed by atoms with Gasteiger partial charge in [0.15, 0.2) is 0 Å².